The summed E-state index contributed by atoms with van der Waals surface area (Å²) in [6.07, 6.45) is 1.16. The molecule has 0 radical (unpaired) electrons. The Labute approximate surface area is 235 Å². The molecule has 1 spiro atoms. The lowest BCUT2D eigenvalue weighted by molar-refractivity contribution is -0.144. The monoisotopic (exact) mass is 585 g/mol. The smallest absolute Gasteiger partial charge is 0.417 e. The lowest BCUT2D eigenvalue weighted by Gasteiger charge is -2.38. The van der Waals surface area contributed by atoms with Crippen molar-refractivity contribution in [3.05, 3.63) is 100 Å². The molecule has 3 aromatic carbocycles. The molecular formula is C31H28BrN3O4. The molecule has 4 aliphatic rings. The standard InChI is InChI=1S/C31H28BrN3O4/c1-33-23-15-14-21(32)17-22(23)31(29(33)37)27(26(20-11-6-3-7-12-20)24-13-8-16-34(24)31)28(36)35-25(18-39-30(35)38)19-9-4-2-5-10-19/h2-7,9-12,14-15,17,24-27H,8,13,16,18H2,1H3/t24-,25-,26-,27-,31+/m1/s1. The van der Waals surface area contributed by atoms with Crippen molar-refractivity contribution in [2.45, 2.75) is 36.4 Å². The molecular weight excluding hydrogens is 558 g/mol. The Balaban J connectivity index is 1.46. The van der Waals surface area contributed by atoms with Gasteiger partial charge in [-0.15, -0.1) is 0 Å². The first-order valence-corrected chi connectivity index (χ1v) is 14.2. The fourth-order valence-corrected chi connectivity index (χ4v) is 7.95. The largest absolute Gasteiger partial charge is 0.446 e. The van der Waals surface area contributed by atoms with Crippen molar-refractivity contribution in [3.8, 4) is 0 Å². The molecule has 5 atom stereocenters. The minimum Gasteiger partial charge on any atom is -0.446 e. The highest BCUT2D eigenvalue weighted by atomic mass is 79.9. The lowest BCUT2D eigenvalue weighted by atomic mass is 9.71. The highest BCUT2D eigenvalue weighted by Crippen LogP contribution is 2.62. The second kappa shape index (κ2) is 9.03. The van der Waals surface area contributed by atoms with Crippen LogP contribution >= 0.6 is 15.9 Å². The van der Waals surface area contributed by atoms with E-state index >= 15 is 0 Å². The van der Waals surface area contributed by atoms with Crippen LogP contribution in [-0.4, -0.2) is 53.9 Å². The van der Waals surface area contributed by atoms with Crippen LogP contribution in [0.15, 0.2) is 83.3 Å². The molecule has 198 valence electrons. The number of rotatable bonds is 3. The van der Waals surface area contributed by atoms with Crippen molar-refractivity contribution >= 4 is 39.5 Å². The van der Waals surface area contributed by atoms with Gasteiger partial charge in [0.15, 0.2) is 0 Å². The fraction of sp³-hybridized carbons (Fsp3) is 0.323. The maximum absolute atomic E-state index is 15.0. The summed E-state index contributed by atoms with van der Waals surface area (Å²) < 4.78 is 6.33. The van der Waals surface area contributed by atoms with Crippen LogP contribution in [0.1, 0.15) is 41.5 Å². The molecule has 0 bridgehead atoms. The summed E-state index contributed by atoms with van der Waals surface area (Å²) in [5, 5.41) is 0. The fourth-order valence-electron chi connectivity index (χ4n) is 7.59. The Kier molecular flexibility index (Phi) is 5.68. The predicted molar refractivity (Wildman–Crippen MR) is 149 cm³/mol. The zero-order valence-electron chi connectivity index (χ0n) is 21.5. The molecule has 7 nitrogen and oxygen atoms in total. The lowest BCUT2D eigenvalue weighted by Crippen LogP contribution is -2.56. The number of imide groups is 1. The highest BCUT2D eigenvalue weighted by Gasteiger charge is 2.71. The van der Waals surface area contributed by atoms with E-state index in [4.69, 9.17) is 4.74 Å². The normalized spacial score (nSPS) is 29.7. The van der Waals surface area contributed by atoms with Crippen molar-refractivity contribution in [1.29, 1.82) is 0 Å². The van der Waals surface area contributed by atoms with Crippen LogP contribution in [-0.2, 0) is 19.9 Å². The zero-order chi connectivity index (χ0) is 26.9. The first-order chi connectivity index (χ1) is 18.9. The zero-order valence-corrected chi connectivity index (χ0v) is 23.1. The number of benzene rings is 3. The van der Waals surface area contributed by atoms with E-state index in [0.717, 1.165) is 39.7 Å². The van der Waals surface area contributed by atoms with Gasteiger partial charge >= 0.3 is 6.09 Å². The molecule has 3 amide bonds. The van der Waals surface area contributed by atoms with Gasteiger partial charge in [0, 0.05) is 34.7 Å². The number of ether oxygens (including phenoxy) is 1. The third-order valence-corrected chi connectivity index (χ3v) is 9.58. The Morgan fingerprint density at radius 3 is 2.38 bits per heavy atom. The van der Waals surface area contributed by atoms with E-state index in [1.807, 2.05) is 78.9 Å². The van der Waals surface area contributed by atoms with Gasteiger partial charge in [0.25, 0.3) is 5.91 Å². The molecule has 3 fully saturated rings. The minimum absolute atomic E-state index is 0.0163. The van der Waals surface area contributed by atoms with E-state index in [2.05, 4.69) is 20.8 Å². The summed E-state index contributed by atoms with van der Waals surface area (Å²) >= 11 is 3.62. The van der Waals surface area contributed by atoms with Gasteiger partial charge in [-0.3, -0.25) is 14.5 Å². The summed E-state index contributed by atoms with van der Waals surface area (Å²) in [7, 11) is 1.78. The molecule has 7 rings (SSSR count). The van der Waals surface area contributed by atoms with E-state index in [1.165, 1.54) is 4.90 Å². The van der Waals surface area contributed by atoms with Crippen LogP contribution in [0.3, 0.4) is 0 Å². The van der Waals surface area contributed by atoms with Crippen LogP contribution in [0, 0.1) is 5.92 Å². The first-order valence-electron chi connectivity index (χ1n) is 13.4. The number of likely N-dealkylation sites (N-methyl/N-ethyl adjacent to an activating group) is 1. The van der Waals surface area contributed by atoms with Gasteiger partial charge in [0.05, 0.1) is 5.92 Å². The molecule has 4 aliphatic heterocycles. The van der Waals surface area contributed by atoms with Gasteiger partial charge in [-0.05, 0) is 48.7 Å². The number of carbonyl (C=O) groups is 3. The summed E-state index contributed by atoms with van der Waals surface area (Å²) in [4.78, 5) is 48.0. The number of cyclic esters (lactones) is 1. The van der Waals surface area contributed by atoms with Gasteiger partial charge < -0.3 is 9.64 Å². The number of amides is 3. The molecule has 8 heteroatoms. The molecule has 0 N–H and O–H groups in total. The average Bonchev–Trinajstić information content (AvgIpc) is 3.70. The molecule has 0 unspecified atom stereocenters. The third kappa shape index (κ3) is 3.34. The summed E-state index contributed by atoms with van der Waals surface area (Å²) in [6, 6.07) is 24.8. The summed E-state index contributed by atoms with van der Waals surface area (Å²) in [6.45, 7) is 0.795. The molecule has 3 aromatic rings. The van der Waals surface area contributed by atoms with Crippen LogP contribution in [0.25, 0.3) is 0 Å². The Morgan fingerprint density at radius 1 is 0.974 bits per heavy atom. The number of hydrogen-bond acceptors (Lipinski definition) is 5. The topological polar surface area (TPSA) is 70.2 Å². The Hall–Kier alpha value is -3.49. The van der Waals surface area contributed by atoms with Crippen molar-refractivity contribution in [2.75, 3.05) is 25.1 Å². The summed E-state index contributed by atoms with van der Waals surface area (Å²) in [5.41, 5.74) is 2.23. The maximum Gasteiger partial charge on any atom is 0.417 e. The van der Waals surface area contributed by atoms with Gasteiger partial charge in [-0.1, -0.05) is 76.6 Å². The average molecular weight is 586 g/mol. The van der Waals surface area contributed by atoms with Crippen LogP contribution in [0.2, 0.25) is 0 Å². The van der Waals surface area contributed by atoms with Crippen molar-refractivity contribution in [3.63, 3.8) is 0 Å². The highest BCUT2D eigenvalue weighted by molar-refractivity contribution is 9.10. The van der Waals surface area contributed by atoms with E-state index in [-0.39, 0.29) is 30.4 Å². The number of nitrogens with zero attached hydrogens (tertiary/aromatic N) is 3. The van der Waals surface area contributed by atoms with E-state index in [9.17, 15) is 14.4 Å². The van der Waals surface area contributed by atoms with E-state index in [0.29, 0.717) is 6.54 Å². The number of anilines is 1. The number of halogens is 1. The van der Waals surface area contributed by atoms with Gasteiger partial charge in [-0.2, -0.15) is 0 Å². The molecule has 39 heavy (non-hydrogen) atoms. The minimum atomic E-state index is -1.23. The number of hydrogen-bond donors (Lipinski definition) is 0. The Morgan fingerprint density at radius 2 is 1.67 bits per heavy atom. The molecule has 3 saturated heterocycles. The van der Waals surface area contributed by atoms with E-state index < -0.39 is 23.6 Å². The number of fused-ring (bicyclic) bond motifs is 4. The van der Waals surface area contributed by atoms with Crippen molar-refractivity contribution < 1.29 is 19.1 Å². The SMILES string of the molecule is CN1C(=O)[C@]2(c3cc(Br)ccc31)[C@@H](C(=O)N1C(=O)OC[C@@H]1c1ccccc1)[C@H](c1ccccc1)[C@H]1CCCN12. The second-order valence-corrected chi connectivity index (χ2v) is 11.7. The maximum atomic E-state index is 15.0. The van der Waals surface area contributed by atoms with Crippen LogP contribution in [0.5, 0.6) is 0 Å². The molecule has 4 heterocycles. The van der Waals surface area contributed by atoms with Crippen LogP contribution in [0.4, 0.5) is 10.5 Å². The second-order valence-electron chi connectivity index (χ2n) is 10.8. The molecule has 0 aromatic heterocycles. The first kappa shape index (κ1) is 24.5. The third-order valence-electron chi connectivity index (χ3n) is 9.08. The summed E-state index contributed by atoms with van der Waals surface area (Å²) in [5.74, 6) is -1.56. The molecule has 0 saturated carbocycles. The predicted octanol–water partition coefficient (Wildman–Crippen LogP) is 5.22. The molecule has 0 aliphatic carbocycles. The van der Waals surface area contributed by atoms with Gasteiger partial charge in [-0.25, -0.2) is 9.69 Å². The van der Waals surface area contributed by atoms with Crippen molar-refractivity contribution in [1.82, 2.24) is 9.80 Å². The number of carbonyl (C=O) groups excluding carboxylic acids is 3. The quantitative estimate of drug-likeness (QED) is 0.421. The van der Waals surface area contributed by atoms with Crippen molar-refractivity contribution in [2.24, 2.45) is 5.92 Å². The van der Waals surface area contributed by atoms with E-state index in [1.54, 1.807) is 11.9 Å². The van der Waals surface area contributed by atoms with Crippen LogP contribution < -0.4 is 4.90 Å². The van der Waals surface area contributed by atoms with Gasteiger partial charge in [0.2, 0.25) is 5.91 Å². The Bertz CT molecular complexity index is 1480. The van der Waals surface area contributed by atoms with Gasteiger partial charge in [0.1, 0.15) is 18.2 Å².